The van der Waals surface area contributed by atoms with Crippen LogP contribution in [0.25, 0.3) is 0 Å². The topological polar surface area (TPSA) is 29.5 Å². The normalized spacial score (nSPS) is 10.7. The van der Waals surface area contributed by atoms with Crippen LogP contribution in [0.5, 0.6) is 5.75 Å². The van der Waals surface area contributed by atoms with E-state index >= 15 is 0 Å². The maximum atomic E-state index is 8.70. The quantitative estimate of drug-likeness (QED) is 0.778. The molecule has 0 aliphatic heterocycles. The minimum absolute atomic E-state index is 0.256. The van der Waals surface area contributed by atoms with Gasteiger partial charge < -0.3 is 9.84 Å². The van der Waals surface area contributed by atoms with E-state index in [4.69, 9.17) is 9.84 Å². The Morgan fingerprint density at radius 1 is 1.20 bits per heavy atom. The van der Waals surface area contributed by atoms with Crippen molar-refractivity contribution in [2.24, 2.45) is 5.92 Å². The molecule has 0 heterocycles. The maximum Gasteiger partial charge on any atom is 0.119 e. The Morgan fingerprint density at radius 3 is 2.40 bits per heavy atom. The first-order chi connectivity index (χ1) is 7.22. The fraction of sp³-hybridized carbons (Fsp3) is 0.538. The molecule has 15 heavy (non-hydrogen) atoms. The summed E-state index contributed by atoms with van der Waals surface area (Å²) in [5.41, 5.74) is 1.25. The van der Waals surface area contributed by atoms with Crippen LogP contribution in [-0.2, 0) is 6.42 Å². The van der Waals surface area contributed by atoms with Gasteiger partial charge in [0.05, 0.1) is 6.61 Å². The molecule has 1 aromatic carbocycles. The highest BCUT2D eigenvalue weighted by Crippen LogP contribution is 2.14. The van der Waals surface area contributed by atoms with Crippen LogP contribution in [0.2, 0.25) is 0 Å². The molecule has 0 amide bonds. The molecule has 0 radical (unpaired) electrons. The summed E-state index contributed by atoms with van der Waals surface area (Å²) in [4.78, 5) is 0. The number of aryl methyl sites for hydroxylation is 1. The summed E-state index contributed by atoms with van der Waals surface area (Å²) < 4.78 is 5.58. The number of aliphatic hydroxyl groups excluding tert-OH is 1. The first-order valence-electron chi connectivity index (χ1n) is 5.55. The Labute approximate surface area is 91.9 Å². The van der Waals surface area contributed by atoms with Crippen molar-refractivity contribution in [2.75, 3.05) is 13.2 Å². The minimum atomic E-state index is 0.256. The van der Waals surface area contributed by atoms with Gasteiger partial charge in [-0.05, 0) is 36.5 Å². The fourth-order valence-corrected chi connectivity index (χ4v) is 1.30. The van der Waals surface area contributed by atoms with Crippen molar-refractivity contribution in [1.29, 1.82) is 0 Å². The molecule has 84 valence electrons. The van der Waals surface area contributed by atoms with Gasteiger partial charge in [-0.25, -0.2) is 0 Å². The van der Waals surface area contributed by atoms with Gasteiger partial charge in [-0.15, -0.1) is 0 Å². The molecule has 0 saturated carbocycles. The molecule has 0 fully saturated rings. The van der Waals surface area contributed by atoms with Crippen molar-refractivity contribution in [3.8, 4) is 5.75 Å². The molecule has 1 rings (SSSR count). The van der Waals surface area contributed by atoms with E-state index in [1.165, 1.54) is 5.56 Å². The summed E-state index contributed by atoms with van der Waals surface area (Å²) >= 11 is 0. The molecule has 0 saturated heterocycles. The minimum Gasteiger partial charge on any atom is -0.493 e. The van der Waals surface area contributed by atoms with E-state index in [1.54, 1.807) is 0 Å². The zero-order chi connectivity index (χ0) is 11.1. The van der Waals surface area contributed by atoms with E-state index in [9.17, 15) is 0 Å². The van der Waals surface area contributed by atoms with E-state index in [-0.39, 0.29) is 6.61 Å². The standard InChI is InChI=1S/C13H20O2/c1-11(2)10-15-13-7-5-12(6-8-13)4-3-9-14/h5-8,11,14H,3-4,9-10H2,1-2H3. The van der Waals surface area contributed by atoms with E-state index in [0.717, 1.165) is 25.2 Å². The zero-order valence-corrected chi connectivity index (χ0v) is 9.57. The van der Waals surface area contributed by atoms with Crippen LogP contribution in [-0.4, -0.2) is 18.3 Å². The predicted octanol–water partition coefficient (Wildman–Crippen LogP) is 2.65. The zero-order valence-electron chi connectivity index (χ0n) is 9.57. The first kappa shape index (κ1) is 12.1. The second kappa shape index (κ2) is 6.46. The van der Waals surface area contributed by atoms with Gasteiger partial charge in [0, 0.05) is 6.61 Å². The largest absolute Gasteiger partial charge is 0.493 e. The van der Waals surface area contributed by atoms with Gasteiger partial charge in [-0.1, -0.05) is 26.0 Å². The molecular weight excluding hydrogens is 188 g/mol. The van der Waals surface area contributed by atoms with Crippen LogP contribution in [0.15, 0.2) is 24.3 Å². The highest BCUT2D eigenvalue weighted by molar-refractivity contribution is 5.27. The summed E-state index contributed by atoms with van der Waals surface area (Å²) in [7, 11) is 0. The molecule has 0 bridgehead atoms. The van der Waals surface area contributed by atoms with Crippen LogP contribution < -0.4 is 4.74 Å². The molecule has 2 heteroatoms. The molecular formula is C13H20O2. The Hall–Kier alpha value is -1.02. The molecule has 1 aromatic rings. The summed E-state index contributed by atoms with van der Waals surface area (Å²) in [6.07, 6.45) is 1.76. The summed E-state index contributed by atoms with van der Waals surface area (Å²) in [5.74, 6) is 1.48. The lowest BCUT2D eigenvalue weighted by atomic mass is 10.1. The van der Waals surface area contributed by atoms with E-state index < -0.39 is 0 Å². The summed E-state index contributed by atoms with van der Waals surface area (Å²) in [5, 5.41) is 8.70. The highest BCUT2D eigenvalue weighted by Gasteiger charge is 1.97. The smallest absolute Gasteiger partial charge is 0.119 e. The average Bonchev–Trinajstić information content (AvgIpc) is 2.25. The van der Waals surface area contributed by atoms with Gasteiger partial charge in [0.2, 0.25) is 0 Å². The Kier molecular flexibility index (Phi) is 5.19. The van der Waals surface area contributed by atoms with Crippen LogP contribution in [0.1, 0.15) is 25.8 Å². The number of hydrogen-bond acceptors (Lipinski definition) is 2. The van der Waals surface area contributed by atoms with E-state index in [1.807, 2.05) is 12.1 Å². The van der Waals surface area contributed by atoms with E-state index in [2.05, 4.69) is 26.0 Å². The van der Waals surface area contributed by atoms with Crippen LogP contribution in [0, 0.1) is 5.92 Å². The molecule has 0 aliphatic carbocycles. The SMILES string of the molecule is CC(C)COc1ccc(CCCO)cc1. The van der Waals surface area contributed by atoms with Gasteiger partial charge in [0.25, 0.3) is 0 Å². The molecule has 0 aliphatic rings. The second-order valence-corrected chi connectivity index (χ2v) is 4.18. The summed E-state index contributed by atoms with van der Waals surface area (Å²) in [6.45, 7) is 5.28. The van der Waals surface area contributed by atoms with E-state index in [0.29, 0.717) is 5.92 Å². The van der Waals surface area contributed by atoms with Crippen LogP contribution in [0.4, 0.5) is 0 Å². The molecule has 0 unspecified atom stereocenters. The number of ether oxygens (including phenoxy) is 1. The predicted molar refractivity (Wildman–Crippen MR) is 62.2 cm³/mol. The molecule has 2 nitrogen and oxygen atoms in total. The number of aliphatic hydroxyl groups is 1. The Balaban J connectivity index is 2.41. The van der Waals surface area contributed by atoms with Crippen molar-refractivity contribution in [2.45, 2.75) is 26.7 Å². The van der Waals surface area contributed by atoms with Crippen molar-refractivity contribution in [1.82, 2.24) is 0 Å². The van der Waals surface area contributed by atoms with Crippen molar-refractivity contribution >= 4 is 0 Å². The monoisotopic (exact) mass is 208 g/mol. The van der Waals surface area contributed by atoms with Crippen LogP contribution >= 0.6 is 0 Å². The third kappa shape index (κ3) is 4.84. The van der Waals surface area contributed by atoms with Crippen molar-refractivity contribution in [3.63, 3.8) is 0 Å². The average molecular weight is 208 g/mol. The lowest BCUT2D eigenvalue weighted by molar-refractivity contribution is 0.271. The van der Waals surface area contributed by atoms with Gasteiger partial charge >= 0.3 is 0 Å². The van der Waals surface area contributed by atoms with Gasteiger partial charge in [-0.2, -0.15) is 0 Å². The Bertz CT molecular complexity index is 264. The molecule has 0 atom stereocenters. The fourth-order valence-electron chi connectivity index (χ4n) is 1.30. The van der Waals surface area contributed by atoms with Crippen LogP contribution in [0.3, 0.4) is 0 Å². The second-order valence-electron chi connectivity index (χ2n) is 4.18. The number of hydrogen-bond donors (Lipinski definition) is 1. The lowest BCUT2D eigenvalue weighted by Crippen LogP contribution is -2.04. The third-order valence-corrected chi connectivity index (χ3v) is 2.13. The number of benzene rings is 1. The maximum absolute atomic E-state index is 8.70. The third-order valence-electron chi connectivity index (χ3n) is 2.13. The Morgan fingerprint density at radius 2 is 1.87 bits per heavy atom. The van der Waals surface area contributed by atoms with Crippen molar-refractivity contribution < 1.29 is 9.84 Å². The molecule has 0 spiro atoms. The van der Waals surface area contributed by atoms with Gasteiger partial charge in [0.1, 0.15) is 5.75 Å². The number of rotatable bonds is 6. The highest BCUT2D eigenvalue weighted by atomic mass is 16.5. The van der Waals surface area contributed by atoms with Gasteiger partial charge in [0.15, 0.2) is 0 Å². The first-order valence-corrected chi connectivity index (χ1v) is 5.55. The van der Waals surface area contributed by atoms with Gasteiger partial charge in [-0.3, -0.25) is 0 Å². The lowest BCUT2D eigenvalue weighted by Gasteiger charge is -2.09. The molecule has 1 N–H and O–H groups in total. The van der Waals surface area contributed by atoms with Crippen molar-refractivity contribution in [3.05, 3.63) is 29.8 Å². The molecule has 0 aromatic heterocycles. The summed E-state index contributed by atoms with van der Waals surface area (Å²) in [6, 6.07) is 8.11.